The topological polar surface area (TPSA) is 128 Å². The van der Waals surface area contributed by atoms with Gasteiger partial charge in [0.15, 0.2) is 0 Å². The maximum Gasteiger partial charge on any atom is 0.410 e. The molecular formula is C19H25N5O5. The average Bonchev–Trinajstić information content (AvgIpc) is 3.25. The summed E-state index contributed by atoms with van der Waals surface area (Å²) >= 11 is 0. The van der Waals surface area contributed by atoms with Gasteiger partial charge in [-0.3, -0.25) is 9.69 Å². The highest BCUT2D eigenvalue weighted by molar-refractivity contribution is 5.77. The van der Waals surface area contributed by atoms with E-state index in [0.29, 0.717) is 39.2 Å². The molecule has 156 valence electrons. The van der Waals surface area contributed by atoms with E-state index in [2.05, 4.69) is 41.3 Å². The first-order valence-electron chi connectivity index (χ1n) is 9.42. The number of aromatic amines is 1. The quantitative estimate of drug-likeness (QED) is 0.662. The maximum absolute atomic E-state index is 12.4. The van der Waals surface area contributed by atoms with E-state index < -0.39 is 0 Å². The molecule has 0 aliphatic carbocycles. The molecule has 3 amide bonds. The van der Waals surface area contributed by atoms with E-state index in [0.717, 1.165) is 16.9 Å². The standard InChI is InChI=1S/C18H23N5O3.CH2O2/c1-11-7-14-15(8-12(11)2)21-16(20-14)3-4-19-17(24)22-5-6-23-13(9-22)10-26-18(23)25;2-1-3/h7-8,13H,3-6,9-10H2,1-2H3,(H,19,24)(H,20,21);1H,(H,2,3). The van der Waals surface area contributed by atoms with E-state index >= 15 is 0 Å². The number of hydrogen-bond acceptors (Lipinski definition) is 5. The number of ether oxygens (including phenoxy) is 1. The number of nitrogens with one attached hydrogen (secondary N) is 2. The number of amides is 3. The highest BCUT2D eigenvalue weighted by Crippen LogP contribution is 2.18. The van der Waals surface area contributed by atoms with Gasteiger partial charge in [0.1, 0.15) is 12.4 Å². The molecule has 10 nitrogen and oxygen atoms in total. The van der Waals surface area contributed by atoms with Crippen LogP contribution in [0.15, 0.2) is 12.1 Å². The van der Waals surface area contributed by atoms with Crippen LogP contribution in [-0.4, -0.2) is 82.3 Å². The first-order chi connectivity index (χ1) is 13.9. The number of aryl methyl sites for hydroxylation is 2. The number of cyclic esters (lactones) is 1. The van der Waals surface area contributed by atoms with Gasteiger partial charge in [0, 0.05) is 32.6 Å². The van der Waals surface area contributed by atoms with E-state index in [-0.39, 0.29) is 24.6 Å². The van der Waals surface area contributed by atoms with Gasteiger partial charge in [-0.1, -0.05) is 0 Å². The van der Waals surface area contributed by atoms with Gasteiger partial charge in [-0.25, -0.2) is 14.6 Å². The number of carbonyl (C=O) groups excluding carboxylic acids is 2. The summed E-state index contributed by atoms with van der Waals surface area (Å²) in [5.41, 5.74) is 4.43. The van der Waals surface area contributed by atoms with Crippen molar-refractivity contribution in [2.45, 2.75) is 26.3 Å². The number of carbonyl (C=O) groups is 3. The molecule has 1 atom stereocenters. The minimum Gasteiger partial charge on any atom is -0.483 e. The van der Waals surface area contributed by atoms with Crippen LogP contribution in [0.4, 0.5) is 9.59 Å². The van der Waals surface area contributed by atoms with Crippen molar-refractivity contribution in [1.29, 1.82) is 0 Å². The predicted molar refractivity (Wildman–Crippen MR) is 105 cm³/mol. The molecule has 4 rings (SSSR count). The van der Waals surface area contributed by atoms with Crippen molar-refractivity contribution in [3.05, 3.63) is 29.1 Å². The first kappa shape index (κ1) is 20.4. The van der Waals surface area contributed by atoms with Crippen LogP contribution in [0.25, 0.3) is 11.0 Å². The van der Waals surface area contributed by atoms with Crippen molar-refractivity contribution in [3.8, 4) is 0 Å². The Morgan fingerprint density at radius 2 is 2.10 bits per heavy atom. The highest BCUT2D eigenvalue weighted by Gasteiger charge is 2.38. The molecule has 2 aliphatic heterocycles. The second kappa shape index (κ2) is 8.80. The fourth-order valence-corrected chi connectivity index (χ4v) is 3.51. The number of piperazine rings is 1. The number of hydrogen-bond donors (Lipinski definition) is 3. The predicted octanol–water partition coefficient (Wildman–Crippen LogP) is 1.27. The molecule has 0 bridgehead atoms. The van der Waals surface area contributed by atoms with Crippen molar-refractivity contribution >= 4 is 29.6 Å². The molecule has 2 saturated heterocycles. The number of nitrogens with zero attached hydrogens (tertiary/aromatic N) is 3. The van der Waals surface area contributed by atoms with Crippen LogP contribution >= 0.6 is 0 Å². The molecule has 1 unspecified atom stereocenters. The zero-order valence-electron chi connectivity index (χ0n) is 16.5. The summed E-state index contributed by atoms with van der Waals surface area (Å²) in [6.07, 6.45) is 0.370. The summed E-state index contributed by atoms with van der Waals surface area (Å²) < 4.78 is 5.03. The summed E-state index contributed by atoms with van der Waals surface area (Å²) in [6.45, 7) is 6.35. The monoisotopic (exact) mass is 403 g/mol. The molecule has 2 aromatic rings. The van der Waals surface area contributed by atoms with Crippen LogP contribution in [0, 0.1) is 13.8 Å². The number of carboxylic acid groups (broad SMARTS) is 1. The Kier molecular flexibility index (Phi) is 6.20. The maximum atomic E-state index is 12.4. The Balaban J connectivity index is 0.000000755. The smallest absolute Gasteiger partial charge is 0.410 e. The number of imidazole rings is 1. The molecule has 2 aliphatic rings. The Hall–Kier alpha value is -3.30. The highest BCUT2D eigenvalue weighted by atomic mass is 16.6. The summed E-state index contributed by atoms with van der Waals surface area (Å²) in [5, 5.41) is 9.83. The number of urea groups is 1. The lowest BCUT2D eigenvalue weighted by molar-refractivity contribution is -0.122. The van der Waals surface area contributed by atoms with Crippen molar-refractivity contribution in [1.82, 2.24) is 25.1 Å². The van der Waals surface area contributed by atoms with Crippen LogP contribution in [0.1, 0.15) is 17.0 Å². The zero-order valence-corrected chi connectivity index (χ0v) is 16.5. The Bertz CT molecular complexity index is 873. The first-order valence-corrected chi connectivity index (χ1v) is 9.42. The minimum atomic E-state index is -0.273. The number of benzene rings is 1. The summed E-state index contributed by atoms with van der Waals surface area (Å²) in [4.78, 5) is 43.6. The van der Waals surface area contributed by atoms with E-state index in [1.807, 2.05) is 0 Å². The summed E-state index contributed by atoms with van der Waals surface area (Å²) in [6, 6.07) is 4.05. The molecule has 2 fully saturated rings. The van der Waals surface area contributed by atoms with Gasteiger partial charge >= 0.3 is 12.1 Å². The minimum absolute atomic E-state index is 0.0242. The van der Waals surface area contributed by atoms with Crippen LogP contribution in [0.2, 0.25) is 0 Å². The normalized spacial score (nSPS) is 18.0. The third-order valence-electron chi connectivity index (χ3n) is 5.19. The van der Waals surface area contributed by atoms with E-state index in [1.54, 1.807) is 9.80 Å². The van der Waals surface area contributed by atoms with E-state index in [1.165, 1.54) is 11.1 Å². The number of aromatic nitrogens is 2. The van der Waals surface area contributed by atoms with Gasteiger partial charge in [0.05, 0.1) is 17.1 Å². The summed E-state index contributed by atoms with van der Waals surface area (Å²) in [7, 11) is 0. The van der Waals surface area contributed by atoms with Crippen molar-refractivity contribution in [2.24, 2.45) is 0 Å². The molecule has 0 saturated carbocycles. The van der Waals surface area contributed by atoms with E-state index in [4.69, 9.17) is 14.6 Å². The van der Waals surface area contributed by atoms with Crippen LogP contribution in [0.3, 0.4) is 0 Å². The molecule has 3 N–H and O–H groups in total. The Morgan fingerprint density at radius 1 is 1.38 bits per heavy atom. The van der Waals surface area contributed by atoms with Gasteiger partial charge in [0.2, 0.25) is 0 Å². The largest absolute Gasteiger partial charge is 0.483 e. The lowest BCUT2D eigenvalue weighted by Crippen LogP contribution is -2.56. The molecule has 10 heteroatoms. The molecule has 0 radical (unpaired) electrons. The second-order valence-electron chi connectivity index (χ2n) is 7.09. The fraction of sp³-hybridized carbons (Fsp3) is 0.474. The Morgan fingerprint density at radius 3 is 2.86 bits per heavy atom. The van der Waals surface area contributed by atoms with E-state index in [9.17, 15) is 9.59 Å². The van der Waals surface area contributed by atoms with Crippen molar-refractivity contribution in [3.63, 3.8) is 0 Å². The van der Waals surface area contributed by atoms with Crippen LogP contribution in [-0.2, 0) is 16.0 Å². The zero-order chi connectivity index (χ0) is 21.0. The molecular weight excluding hydrogens is 378 g/mol. The fourth-order valence-electron chi connectivity index (χ4n) is 3.51. The molecule has 29 heavy (non-hydrogen) atoms. The van der Waals surface area contributed by atoms with Gasteiger partial charge in [-0.2, -0.15) is 0 Å². The van der Waals surface area contributed by atoms with Gasteiger partial charge in [0.25, 0.3) is 6.47 Å². The molecule has 3 heterocycles. The second-order valence-corrected chi connectivity index (χ2v) is 7.09. The van der Waals surface area contributed by atoms with Gasteiger partial charge < -0.3 is 25.0 Å². The van der Waals surface area contributed by atoms with Crippen LogP contribution < -0.4 is 5.32 Å². The summed E-state index contributed by atoms with van der Waals surface area (Å²) in [5.74, 6) is 0.866. The number of rotatable bonds is 3. The van der Waals surface area contributed by atoms with Crippen molar-refractivity contribution < 1.29 is 24.2 Å². The number of H-pyrrole nitrogens is 1. The van der Waals surface area contributed by atoms with Gasteiger partial charge in [-0.05, 0) is 37.1 Å². The average molecular weight is 403 g/mol. The number of fused-ring (bicyclic) bond motifs is 2. The SMILES string of the molecule is Cc1cc2nc(CCNC(=O)N3CCN4C(=O)OCC4C3)[nH]c2cc1C.O=CO. The lowest BCUT2D eigenvalue weighted by Gasteiger charge is -2.35. The third kappa shape index (κ3) is 4.58. The Labute approximate surface area is 167 Å². The third-order valence-corrected chi connectivity index (χ3v) is 5.19. The molecule has 1 aromatic carbocycles. The molecule has 1 aromatic heterocycles. The van der Waals surface area contributed by atoms with Crippen LogP contribution in [0.5, 0.6) is 0 Å². The molecule has 0 spiro atoms. The van der Waals surface area contributed by atoms with Crippen molar-refractivity contribution in [2.75, 3.05) is 32.8 Å². The van der Waals surface area contributed by atoms with Gasteiger partial charge in [-0.15, -0.1) is 0 Å². The lowest BCUT2D eigenvalue weighted by atomic mass is 10.1.